The Labute approximate surface area is 88.0 Å². The summed E-state index contributed by atoms with van der Waals surface area (Å²) in [4.78, 5) is 0. The van der Waals surface area contributed by atoms with E-state index in [1.165, 1.54) is 6.07 Å². The van der Waals surface area contributed by atoms with Crippen LogP contribution in [-0.2, 0) is 22.6 Å². The van der Waals surface area contributed by atoms with Gasteiger partial charge in [0.1, 0.15) is 11.9 Å². The van der Waals surface area contributed by atoms with E-state index >= 15 is 0 Å². The van der Waals surface area contributed by atoms with Crippen LogP contribution < -0.4 is 5.73 Å². The van der Waals surface area contributed by atoms with E-state index in [-0.39, 0.29) is 18.5 Å². The van der Waals surface area contributed by atoms with Gasteiger partial charge in [0.15, 0.2) is 0 Å². The van der Waals surface area contributed by atoms with Crippen molar-refractivity contribution in [2.75, 3.05) is 13.2 Å². The molecule has 0 spiro atoms. The third kappa shape index (κ3) is 2.53. The van der Waals surface area contributed by atoms with Crippen LogP contribution in [0.4, 0.5) is 4.39 Å². The average molecular weight is 211 g/mol. The van der Waals surface area contributed by atoms with Crippen LogP contribution in [0.3, 0.4) is 0 Å². The maximum Gasteiger partial charge on any atom is 0.128 e. The zero-order valence-electron chi connectivity index (χ0n) is 8.41. The molecule has 1 aliphatic rings. The van der Waals surface area contributed by atoms with E-state index in [0.29, 0.717) is 25.3 Å². The summed E-state index contributed by atoms with van der Waals surface area (Å²) in [5.74, 6) is -0.243. The highest BCUT2D eigenvalue weighted by molar-refractivity contribution is 5.24. The van der Waals surface area contributed by atoms with Crippen molar-refractivity contribution < 1.29 is 13.9 Å². The van der Waals surface area contributed by atoms with E-state index in [1.54, 1.807) is 12.1 Å². The second-order valence-corrected chi connectivity index (χ2v) is 3.60. The number of ether oxygens (including phenoxy) is 2. The van der Waals surface area contributed by atoms with Crippen molar-refractivity contribution >= 4 is 0 Å². The molecule has 0 unspecified atom stereocenters. The predicted molar refractivity (Wildman–Crippen MR) is 53.7 cm³/mol. The number of hydrogen-bond acceptors (Lipinski definition) is 3. The minimum atomic E-state index is -0.243. The van der Waals surface area contributed by atoms with E-state index < -0.39 is 0 Å². The Morgan fingerprint density at radius 3 is 2.87 bits per heavy atom. The lowest BCUT2D eigenvalue weighted by molar-refractivity contribution is -0.135. The van der Waals surface area contributed by atoms with Gasteiger partial charge in [0.2, 0.25) is 0 Å². The summed E-state index contributed by atoms with van der Waals surface area (Å²) in [5.41, 5.74) is 6.96. The van der Waals surface area contributed by atoms with Crippen LogP contribution >= 0.6 is 0 Å². The molecule has 82 valence electrons. The van der Waals surface area contributed by atoms with Crippen LogP contribution in [0.5, 0.6) is 0 Å². The number of halogens is 1. The molecule has 3 nitrogen and oxygen atoms in total. The largest absolute Gasteiger partial charge is 0.376 e. The molecular formula is C11H14FNO2. The summed E-state index contributed by atoms with van der Waals surface area (Å²) in [6.45, 7) is 1.92. The Balaban J connectivity index is 1.98. The monoisotopic (exact) mass is 211 g/mol. The maximum atomic E-state index is 13.3. The third-order valence-electron chi connectivity index (χ3n) is 2.43. The molecule has 1 fully saturated rings. The molecule has 2 N–H and O–H groups in total. The molecule has 0 aromatic heterocycles. The van der Waals surface area contributed by atoms with Crippen molar-refractivity contribution in [3.05, 3.63) is 35.1 Å². The number of rotatable bonds is 4. The van der Waals surface area contributed by atoms with Crippen molar-refractivity contribution in [2.24, 2.45) is 5.73 Å². The minimum Gasteiger partial charge on any atom is -0.376 e. The topological polar surface area (TPSA) is 44.5 Å². The second kappa shape index (κ2) is 4.70. The zero-order chi connectivity index (χ0) is 10.7. The van der Waals surface area contributed by atoms with E-state index in [1.807, 2.05) is 0 Å². The fourth-order valence-electron chi connectivity index (χ4n) is 1.38. The van der Waals surface area contributed by atoms with Gasteiger partial charge < -0.3 is 15.2 Å². The first-order valence-electron chi connectivity index (χ1n) is 4.96. The van der Waals surface area contributed by atoms with Crippen LogP contribution in [0.2, 0.25) is 0 Å². The first-order chi connectivity index (χ1) is 7.29. The lowest BCUT2D eigenvalue weighted by Gasteiger charge is -2.26. The van der Waals surface area contributed by atoms with Gasteiger partial charge in [-0.15, -0.1) is 0 Å². The Bertz CT molecular complexity index is 339. The summed E-state index contributed by atoms with van der Waals surface area (Å²) in [6, 6.07) is 4.86. The molecule has 15 heavy (non-hydrogen) atoms. The van der Waals surface area contributed by atoms with Gasteiger partial charge in [-0.3, -0.25) is 0 Å². The van der Waals surface area contributed by atoms with Gasteiger partial charge in [-0.2, -0.15) is 0 Å². The van der Waals surface area contributed by atoms with Gasteiger partial charge in [0.05, 0.1) is 19.8 Å². The highest BCUT2D eigenvalue weighted by Crippen LogP contribution is 2.14. The molecule has 0 aliphatic carbocycles. The number of hydrogen-bond donors (Lipinski definition) is 1. The van der Waals surface area contributed by atoms with Crippen LogP contribution in [0.15, 0.2) is 18.2 Å². The maximum absolute atomic E-state index is 13.3. The molecule has 0 amide bonds. The van der Waals surface area contributed by atoms with Crippen molar-refractivity contribution in [1.29, 1.82) is 0 Å². The van der Waals surface area contributed by atoms with Gasteiger partial charge >= 0.3 is 0 Å². The quantitative estimate of drug-likeness (QED) is 0.813. The molecule has 1 heterocycles. The molecule has 0 atom stereocenters. The van der Waals surface area contributed by atoms with Crippen LogP contribution in [0.1, 0.15) is 11.1 Å². The second-order valence-electron chi connectivity index (χ2n) is 3.60. The molecule has 1 aromatic carbocycles. The molecule has 0 radical (unpaired) electrons. The van der Waals surface area contributed by atoms with Crippen LogP contribution in [-0.4, -0.2) is 19.3 Å². The average Bonchev–Trinajstić information content (AvgIpc) is 2.18. The predicted octanol–water partition coefficient (Wildman–Crippen LogP) is 1.20. The SMILES string of the molecule is NCc1ccc(F)c(COC2COC2)c1. The van der Waals surface area contributed by atoms with E-state index in [4.69, 9.17) is 15.2 Å². The Morgan fingerprint density at radius 1 is 1.47 bits per heavy atom. The van der Waals surface area contributed by atoms with Gasteiger partial charge in [-0.05, 0) is 17.7 Å². The highest BCUT2D eigenvalue weighted by Gasteiger charge is 2.19. The third-order valence-corrected chi connectivity index (χ3v) is 2.43. The summed E-state index contributed by atoms with van der Waals surface area (Å²) in [6.07, 6.45) is 0.117. The van der Waals surface area contributed by atoms with Crippen molar-refractivity contribution in [2.45, 2.75) is 19.3 Å². The van der Waals surface area contributed by atoms with Crippen molar-refractivity contribution in [1.82, 2.24) is 0 Å². The Kier molecular flexibility index (Phi) is 3.30. The Morgan fingerprint density at radius 2 is 2.27 bits per heavy atom. The molecule has 4 heteroatoms. The van der Waals surface area contributed by atoms with Crippen LogP contribution in [0.25, 0.3) is 0 Å². The highest BCUT2D eigenvalue weighted by atomic mass is 19.1. The Hall–Kier alpha value is -0.970. The van der Waals surface area contributed by atoms with E-state index in [9.17, 15) is 4.39 Å². The first kappa shape index (κ1) is 10.5. The van der Waals surface area contributed by atoms with Gasteiger partial charge in [-0.1, -0.05) is 6.07 Å². The minimum absolute atomic E-state index is 0.117. The van der Waals surface area contributed by atoms with Gasteiger partial charge in [0, 0.05) is 12.1 Å². The molecule has 0 bridgehead atoms. The molecule has 2 rings (SSSR count). The summed E-state index contributed by atoms with van der Waals surface area (Å²) in [5, 5.41) is 0. The lowest BCUT2D eigenvalue weighted by Crippen LogP contribution is -2.35. The van der Waals surface area contributed by atoms with Crippen molar-refractivity contribution in [3.8, 4) is 0 Å². The van der Waals surface area contributed by atoms with E-state index in [0.717, 1.165) is 5.56 Å². The fraction of sp³-hybridized carbons (Fsp3) is 0.455. The van der Waals surface area contributed by atoms with E-state index in [2.05, 4.69) is 0 Å². The van der Waals surface area contributed by atoms with Crippen LogP contribution in [0, 0.1) is 5.82 Å². The number of nitrogens with two attached hydrogens (primary N) is 1. The van der Waals surface area contributed by atoms with Crippen molar-refractivity contribution in [3.63, 3.8) is 0 Å². The molecule has 0 saturated carbocycles. The molecule has 1 aliphatic heterocycles. The zero-order valence-corrected chi connectivity index (χ0v) is 8.41. The fourth-order valence-corrected chi connectivity index (χ4v) is 1.38. The normalized spacial score (nSPS) is 16.4. The summed E-state index contributed by atoms with van der Waals surface area (Å²) in [7, 11) is 0. The summed E-state index contributed by atoms with van der Waals surface area (Å²) >= 11 is 0. The van der Waals surface area contributed by atoms with Gasteiger partial charge in [-0.25, -0.2) is 4.39 Å². The first-order valence-corrected chi connectivity index (χ1v) is 4.96. The number of benzene rings is 1. The molecule has 1 saturated heterocycles. The standard InChI is InChI=1S/C11H14FNO2/c12-11-2-1-8(4-13)3-9(11)5-15-10-6-14-7-10/h1-3,10H,4-7,13H2. The van der Waals surface area contributed by atoms with Gasteiger partial charge in [0.25, 0.3) is 0 Å². The molecule has 1 aromatic rings. The molecular weight excluding hydrogens is 197 g/mol. The lowest BCUT2D eigenvalue weighted by atomic mass is 10.1. The smallest absolute Gasteiger partial charge is 0.128 e. The summed E-state index contributed by atoms with van der Waals surface area (Å²) < 4.78 is 23.7.